The summed E-state index contributed by atoms with van der Waals surface area (Å²) in [6, 6.07) is 8.47. The van der Waals surface area contributed by atoms with Crippen molar-refractivity contribution in [2.45, 2.75) is 26.3 Å². The Morgan fingerprint density at radius 1 is 1.27 bits per heavy atom. The quantitative estimate of drug-likeness (QED) is 0.803. The van der Waals surface area contributed by atoms with Gasteiger partial charge in [-0.15, -0.1) is 0 Å². The van der Waals surface area contributed by atoms with Crippen LogP contribution in [0.3, 0.4) is 0 Å². The molecule has 0 amide bonds. The summed E-state index contributed by atoms with van der Waals surface area (Å²) in [6.45, 7) is 6.07. The highest BCUT2D eigenvalue weighted by molar-refractivity contribution is 9.10. The van der Waals surface area contributed by atoms with Crippen molar-refractivity contribution in [2.24, 2.45) is 0 Å². The Labute approximate surface area is 100 Å². The van der Waals surface area contributed by atoms with Gasteiger partial charge in [-0.2, -0.15) is 0 Å². The maximum absolute atomic E-state index is 5.58. The summed E-state index contributed by atoms with van der Waals surface area (Å²) in [4.78, 5) is 0. The van der Waals surface area contributed by atoms with Gasteiger partial charge in [0.2, 0.25) is 0 Å². The van der Waals surface area contributed by atoms with Crippen molar-refractivity contribution in [3.63, 3.8) is 0 Å². The minimum atomic E-state index is 0.553. The third-order valence-electron chi connectivity index (χ3n) is 1.96. The van der Waals surface area contributed by atoms with E-state index in [4.69, 9.17) is 4.74 Å². The molecule has 0 spiro atoms. The monoisotopic (exact) mass is 271 g/mol. The van der Waals surface area contributed by atoms with E-state index in [2.05, 4.69) is 35.1 Å². The van der Waals surface area contributed by atoms with E-state index < -0.39 is 0 Å². The van der Waals surface area contributed by atoms with Gasteiger partial charge in [0, 0.05) is 10.5 Å². The van der Waals surface area contributed by atoms with E-state index in [0.717, 1.165) is 29.8 Å². The minimum Gasteiger partial charge on any atom is -0.494 e. The average Bonchev–Trinajstić information content (AvgIpc) is 2.20. The number of benzene rings is 1. The molecule has 0 heterocycles. The standard InChI is InChI=1S/C12H18BrNO/c1-10(2)14-8-3-9-15-12-6-4-11(13)5-7-12/h4-7,10,14H,3,8-9H2,1-2H3. The molecule has 0 aromatic heterocycles. The molecule has 0 unspecified atom stereocenters. The first kappa shape index (κ1) is 12.5. The summed E-state index contributed by atoms with van der Waals surface area (Å²) in [5, 5.41) is 3.35. The summed E-state index contributed by atoms with van der Waals surface area (Å²) < 4.78 is 6.66. The van der Waals surface area contributed by atoms with E-state index in [-0.39, 0.29) is 0 Å². The first-order chi connectivity index (χ1) is 7.18. The van der Waals surface area contributed by atoms with E-state index in [9.17, 15) is 0 Å². The predicted molar refractivity (Wildman–Crippen MR) is 67.4 cm³/mol. The lowest BCUT2D eigenvalue weighted by atomic mass is 10.3. The van der Waals surface area contributed by atoms with Crippen LogP contribution in [0.25, 0.3) is 0 Å². The van der Waals surface area contributed by atoms with E-state index in [1.807, 2.05) is 24.3 Å². The van der Waals surface area contributed by atoms with Crippen molar-refractivity contribution < 1.29 is 4.74 Å². The first-order valence-electron chi connectivity index (χ1n) is 5.30. The van der Waals surface area contributed by atoms with Crippen molar-refractivity contribution in [3.05, 3.63) is 28.7 Å². The van der Waals surface area contributed by atoms with Gasteiger partial charge in [-0.25, -0.2) is 0 Å². The van der Waals surface area contributed by atoms with Gasteiger partial charge < -0.3 is 10.1 Å². The fourth-order valence-corrected chi connectivity index (χ4v) is 1.45. The molecule has 84 valence electrons. The Morgan fingerprint density at radius 2 is 1.93 bits per heavy atom. The van der Waals surface area contributed by atoms with Gasteiger partial charge in [-0.05, 0) is 37.2 Å². The van der Waals surface area contributed by atoms with Crippen molar-refractivity contribution in [1.82, 2.24) is 5.32 Å². The maximum atomic E-state index is 5.58. The average molecular weight is 272 g/mol. The van der Waals surface area contributed by atoms with Crippen molar-refractivity contribution in [2.75, 3.05) is 13.2 Å². The van der Waals surface area contributed by atoms with Crippen LogP contribution in [-0.4, -0.2) is 19.2 Å². The van der Waals surface area contributed by atoms with Crippen LogP contribution < -0.4 is 10.1 Å². The topological polar surface area (TPSA) is 21.3 Å². The summed E-state index contributed by atoms with van der Waals surface area (Å²) in [6.07, 6.45) is 1.04. The number of hydrogen-bond donors (Lipinski definition) is 1. The lowest BCUT2D eigenvalue weighted by Gasteiger charge is -2.09. The number of halogens is 1. The fraction of sp³-hybridized carbons (Fsp3) is 0.500. The van der Waals surface area contributed by atoms with Gasteiger partial charge in [0.1, 0.15) is 5.75 Å². The second-order valence-corrected chi connectivity index (χ2v) is 4.68. The van der Waals surface area contributed by atoms with E-state index in [0.29, 0.717) is 6.04 Å². The normalized spacial score (nSPS) is 10.7. The molecule has 1 rings (SSSR count). The zero-order chi connectivity index (χ0) is 11.1. The lowest BCUT2D eigenvalue weighted by Crippen LogP contribution is -2.24. The third kappa shape index (κ3) is 5.80. The number of nitrogens with one attached hydrogen (secondary N) is 1. The van der Waals surface area contributed by atoms with Crippen LogP contribution >= 0.6 is 15.9 Å². The molecule has 0 bridgehead atoms. The Balaban J connectivity index is 2.12. The number of ether oxygens (including phenoxy) is 1. The van der Waals surface area contributed by atoms with Crippen LogP contribution in [0.1, 0.15) is 20.3 Å². The second-order valence-electron chi connectivity index (χ2n) is 3.76. The van der Waals surface area contributed by atoms with Crippen molar-refractivity contribution >= 4 is 15.9 Å². The Morgan fingerprint density at radius 3 is 2.53 bits per heavy atom. The Bertz CT molecular complexity index is 271. The molecular weight excluding hydrogens is 254 g/mol. The number of hydrogen-bond acceptors (Lipinski definition) is 2. The van der Waals surface area contributed by atoms with E-state index in [1.165, 1.54) is 0 Å². The summed E-state index contributed by atoms with van der Waals surface area (Å²) in [5.74, 6) is 0.933. The molecule has 1 aromatic rings. The van der Waals surface area contributed by atoms with Gasteiger partial charge in [0.15, 0.2) is 0 Å². The highest BCUT2D eigenvalue weighted by atomic mass is 79.9. The highest BCUT2D eigenvalue weighted by Crippen LogP contribution is 2.15. The molecular formula is C12H18BrNO. The Hall–Kier alpha value is -0.540. The molecule has 0 atom stereocenters. The second kappa shape index (κ2) is 6.85. The van der Waals surface area contributed by atoms with Crippen LogP contribution in [0.5, 0.6) is 5.75 Å². The predicted octanol–water partition coefficient (Wildman–Crippen LogP) is 3.22. The van der Waals surface area contributed by atoms with E-state index in [1.54, 1.807) is 0 Å². The molecule has 0 radical (unpaired) electrons. The summed E-state index contributed by atoms with van der Waals surface area (Å²) in [7, 11) is 0. The van der Waals surface area contributed by atoms with Crippen molar-refractivity contribution in [1.29, 1.82) is 0 Å². The third-order valence-corrected chi connectivity index (χ3v) is 2.48. The van der Waals surface area contributed by atoms with Gasteiger partial charge in [0.05, 0.1) is 6.61 Å². The van der Waals surface area contributed by atoms with Crippen LogP contribution in [-0.2, 0) is 0 Å². The smallest absolute Gasteiger partial charge is 0.119 e. The minimum absolute atomic E-state index is 0.553. The molecule has 2 nitrogen and oxygen atoms in total. The van der Waals surface area contributed by atoms with Crippen LogP contribution in [0, 0.1) is 0 Å². The SMILES string of the molecule is CC(C)NCCCOc1ccc(Br)cc1. The molecule has 0 saturated heterocycles. The molecule has 15 heavy (non-hydrogen) atoms. The van der Waals surface area contributed by atoms with Gasteiger partial charge in [-0.1, -0.05) is 29.8 Å². The first-order valence-corrected chi connectivity index (χ1v) is 6.09. The molecule has 0 fully saturated rings. The highest BCUT2D eigenvalue weighted by Gasteiger charge is 1.94. The number of rotatable bonds is 6. The van der Waals surface area contributed by atoms with Gasteiger partial charge in [-0.3, -0.25) is 0 Å². The molecule has 1 aromatic carbocycles. The van der Waals surface area contributed by atoms with Crippen molar-refractivity contribution in [3.8, 4) is 5.75 Å². The molecule has 0 aliphatic rings. The van der Waals surface area contributed by atoms with E-state index >= 15 is 0 Å². The zero-order valence-corrected chi connectivity index (χ0v) is 10.9. The molecule has 0 saturated carbocycles. The van der Waals surface area contributed by atoms with Gasteiger partial charge >= 0.3 is 0 Å². The largest absolute Gasteiger partial charge is 0.494 e. The molecule has 3 heteroatoms. The molecule has 1 N–H and O–H groups in total. The molecule has 0 aliphatic heterocycles. The fourth-order valence-electron chi connectivity index (χ4n) is 1.18. The van der Waals surface area contributed by atoms with Crippen LogP contribution in [0.4, 0.5) is 0 Å². The zero-order valence-electron chi connectivity index (χ0n) is 9.29. The lowest BCUT2D eigenvalue weighted by molar-refractivity contribution is 0.306. The van der Waals surface area contributed by atoms with Gasteiger partial charge in [0.25, 0.3) is 0 Å². The summed E-state index contributed by atoms with van der Waals surface area (Å²) >= 11 is 3.39. The van der Waals surface area contributed by atoms with Crippen LogP contribution in [0.2, 0.25) is 0 Å². The van der Waals surface area contributed by atoms with Crippen LogP contribution in [0.15, 0.2) is 28.7 Å². The Kier molecular flexibility index (Phi) is 5.73. The maximum Gasteiger partial charge on any atom is 0.119 e. The molecule has 0 aliphatic carbocycles. The summed E-state index contributed by atoms with van der Waals surface area (Å²) in [5.41, 5.74) is 0.